The van der Waals surface area contributed by atoms with Crippen LogP contribution in [-0.4, -0.2) is 41.8 Å². The summed E-state index contributed by atoms with van der Waals surface area (Å²) in [5, 5.41) is 47.6. The molecule has 0 amide bonds. The molecule has 2 unspecified atom stereocenters. The van der Waals surface area contributed by atoms with E-state index in [0.29, 0.717) is 17.9 Å². The van der Waals surface area contributed by atoms with E-state index in [1.54, 1.807) is 0 Å². The predicted molar refractivity (Wildman–Crippen MR) is 107 cm³/mol. The fourth-order valence-electron chi connectivity index (χ4n) is 1.94. The number of hydrogen-bond acceptors (Lipinski definition) is 10. The Balaban J connectivity index is 0.000000582. The molecule has 0 fully saturated rings. The fraction of sp³-hybridized carbons (Fsp3) is 0.538. The third-order valence-electron chi connectivity index (χ3n) is 3.67. The summed E-state index contributed by atoms with van der Waals surface area (Å²) in [7, 11) is -6.74. The Bertz CT molecular complexity index is 886. The number of unbranched alkanes of at least 4 members (excludes halogenated alkanes) is 1. The molecule has 0 saturated heterocycles. The van der Waals surface area contributed by atoms with Gasteiger partial charge in [0.2, 0.25) is 0 Å². The summed E-state index contributed by atoms with van der Waals surface area (Å²) >= 11 is 0. The molecule has 0 aliphatic carbocycles. The average molecular weight is 487 g/mol. The monoisotopic (exact) mass is 487 g/mol. The summed E-state index contributed by atoms with van der Waals surface area (Å²) < 4.78 is 22.3. The van der Waals surface area contributed by atoms with Crippen LogP contribution in [0.2, 0.25) is 0 Å². The molecule has 0 radical (unpaired) electrons. The normalized spacial score (nSPS) is 14.0. The van der Waals surface area contributed by atoms with E-state index in [0.717, 1.165) is 12.8 Å². The number of nitro benzene ring substituents is 3. The van der Waals surface area contributed by atoms with Crippen LogP contribution >= 0.6 is 7.60 Å². The van der Waals surface area contributed by atoms with Crippen molar-refractivity contribution >= 4 is 34.8 Å². The van der Waals surface area contributed by atoms with E-state index in [4.69, 9.17) is 20.7 Å². The molecule has 0 saturated carbocycles. The van der Waals surface area contributed by atoms with Crippen molar-refractivity contribution in [3.63, 3.8) is 0 Å². The molecule has 16 nitrogen and oxygen atoms in total. The van der Waals surface area contributed by atoms with Gasteiger partial charge in [0.15, 0.2) is 10.1 Å². The van der Waals surface area contributed by atoms with Gasteiger partial charge in [0, 0.05) is 6.42 Å². The number of nitrogens with two attached hydrogens (primary N) is 2. The lowest BCUT2D eigenvalue weighted by Gasteiger charge is -2.13. The van der Waals surface area contributed by atoms with Crippen molar-refractivity contribution < 1.29 is 38.4 Å². The molecule has 1 rings (SSSR count). The van der Waals surface area contributed by atoms with E-state index in [1.165, 1.54) is 0 Å². The van der Waals surface area contributed by atoms with Crippen molar-refractivity contribution in [2.24, 2.45) is 10.9 Å². The summed E-state index contributed by atoms with van der Waals surface area (Å²) in [4.78, 5) is 44.9. The van der Waals surface area contributed by atoms with E-state index in [2.05, 4.69) is 0 Å². The van der Waals surface area contributed by atoms with Crippen LogP contribution in [0.4, 0.5) is 17.1 Å². The Labute approximate surface area is 176 Å². The highest BCUT2D eigenvalue weighted by Gasteiger charge is 2.30. The van der Waals surface area contributed by atoms with Crippen molar-refractivity contribution in [2.45, 2.75) is 32.0 Å². The van der Waals surface area contributed by atoms with Crippen LogP contribution in [0.1, 0.15) is 26.2 Å². The predicted octanol–water partition coefficient (Wildman–Crippen LogP) is 0.497. The molecule has 2 atom stereocenters. The number of rotatable bonds is 10. The van der Waals surface area contributed by atoms with Crippen LogP contribution in [0.5, 0.6) is 5.75 Å². The highest BCUT2D eigenvalue weighted by Crippen LogP contribution is 2.40. The third-order valence-corrected chi connectivity index (χ3v) is 6.70. The summed E-state index contributed by atoms with van der Waals surface area (Å²) in [5.74, 6) is -2.26. The first-order valence-electron chi connectivity index (χ1n) is 8.39. The maximum absolute atomic E-state index is 11.6. The molecule has 176 valence electrons. The van der Waals surface area contributed by atoms with Crippen molar-refractivity contribution in [1.82, 2.24) is 0 Å². The molecule has 31 heavy (non-hydrogen) atoms. The van der Waals surface area contributed by atoms with Gasteiger partial charge in [-0.1, -0.05) is 17.6 Å². The van der Waals surface area contributed by atoms with Crippen LogP contribution in [-0.2, 0) is 18.9 Å². The maximum atomic E-state index is 11.6. The van der Waals surface area contributed by atoms with Crippen molar-refractivity contribution in [3.8, 4) is 5.75 Å². The van der Waals surface area contributed by atoms with E-state index in [1.807, 2.05) is 6.92 Å². The first-order chi connectivity index (χ1) is 14.0. The lowest BCUT2D eigenvalue weighted by atomic mass is 10.2. The van der Waals surface area contributed by atoms with Crippen LogP contribution in [0, 0.1) is 30.3 Å². The lowest BCUT2D eigenvalue weighted by Crippen LogP contribution is -2.33. The number of nitrogens with zero attached hydrogens (tertiary/aromatic N) is 3. The lowest BCUT2D eigenvalue weighted by molar-refractivity contribution is -0.420. The summed E-state index contributed by atoms with van der Waals surface area (Å²) in [5.41, 5.74) is 1.98. The molecular weight excluding hydrogens is 465 g/mol. The Morgan fingerprint density at radius 1 is 1.06 bits per heavy atom. The minimum Gasteiger partial charge on any atom is -0.863 e. The number of benzene rings is 1. The third kappa shape index (κ3) is 9.86. The molecule has 1 aromatic rings. The summed E-state index contributed by atoms with van der Waals surface area (Å²) in [6.45, 7) is 1.96. The molecule has 0 aliphatic heterocycles. The summed E-state index contributed by atoms with van der Waals surface area (Å²) in [6, 6.07) is 0.769. The largest absolute Gasteiger partial charge is 0.863 e. The fourth-order valence-corrected chi connectivity index (χ4v) is 4.21. The molecule has 18 heteroatoms. The molecule has 0 aliphatic rings. The van der Waals surface area contributed by atoms with Gasteiger partial charge in [-0.3, -0.25) is 34.9 Å². The van der Waals surface area contributed by atoms with Crippen molar-refractivity contribution in [2.75, 3.05) is 11.5 Å². The second kappa shape index (κ2) is 11.7. The minimum atomic E-state index is -4.27. The number of hydrogen-bond donors (Lipinski definition) is 4. The zero-order valence-electron chi connectivity index (χ0n) is 16.2. The average Bonchev–Trinajstić information content (AvgIpc) is 2.63. The van der Waals surface area contributed by atoms with Gasteiger partial charge in [-0.05, 0) is 6.42 Å². The van der Waals surface area contributed by atoms with Crippen LogP contribution in [0.25, 0.3) is 0 Å². The highest BCUT2D eigenvalue weighted by molar-refractivity contribution is 8.00. The smallest absolute Gasteiger partial charge is 0.342 e. The van der Waals surface area contributed by atoms with Gasteiger partial charge >= 0.3 is 7.60 Å². The second-order valence-electron chi connectivity index (χ2n) is 6.16. The Hall–Kier alpha value is -2.56. The van der Waals surface area contributed by atoms with Gasteiger partial charge in [0.25, 0.3) is 17.1 Å². The molecular formula is C13H22N5O11PS. The second-order valence-corrected chi connectivity index (χ2v) is 10.6. The Kier molecular flexibility index (Phi) is 10.8. The zero-order chi connectivity index (χ0) is 24.6. The van der Waals surface area contributed by atoms with Crippen molar-refractivity contribution in [3.05, 3.63) is 42.5 Å². The quantitative estimate of drug-likeness (QED) is 0.152. The first kappa shape index (κ1) is 28.4. The zero-order valence-corrected chi connectivity index (χ0v) is 17.9. The highest BCUT2D eigenvalue weighted by atomic mass is 32.3. The minimum absolute atomic E-state index is 0.0106. The van der Waals surface area contributed by atoms with Crippen LogP contribution in [0.3, 0.4) is 0 Å². The summed E-state index contributed by atoms with van der Waals surface area (Å²) in [6.07, 6.45) is 1.63. The standard InChI is InChI=1S/C7H19N2O4PS.C6H3N3O7/c1-2-3-5-15(9,13)6-4-7(8)14(10,11)12;10-6-4(8(13)14)1-3(7(11)12)2-5(6)9(15)16/h7H,2-6,8H2,1H3,(H3-,9,10,11,12,13);1-2,10H. The number of non-ortho nitro benzene ring substituents is 1. The molecule has 0 heterocycles. The molecule has 6 N–H and O–H groups in total. The van der Waals surface area contributed by atoms with Crippen LogP contribution in [0.15, 0.2) is 12.1 Å². The maximum Gasteiger partial charge on any atom is 0.342 e. The van der Waals surface area contributed by atoms with E-state index < -0.39 is 61.1 Å². The SMILES string of the molecule is CCCC[S+](N)(=O)CCC(N)P(=O)(O)O.O=[N+]([O-])c1cc([N+](=O)[O-])c([O-])c([N+](=O)[O-])c1. The number of nitro groups is 3. The van der Waals surface area contributed by atoms with E-state index in [-0.39, 0.29) is 12.2 Å². The first-order valence-corrected chi connectivity index (χ1v) is 12.0. The van der Waals surface area contributed by atoms with E-state index >= 15 is 0 Å². The Morgan fingerprint density at radius 2 is 1.52 bits per heavy atom. The van der Waals surface area contributed by atoms with E-state index in [9.17, 15) is 44.2 Å². The molecule has 1 aromatic carbocycles. The van der Waals surface area contributed by atoms with Gasteiger partial charge < -0.3 is 20.6 Å². The van der Waals surface area contributed by atoms with Gasteiger partial charge in [-0.2, -0.15) is 0 Å². The molecule has 0 spiro atoms. The van der Waals surface area contributed by atoms with Gasteiger partial charge in [-0.15, -0.1) is 5.14 Å². The topological polar surface area (TPSA) is 279 Å². The van der Waals surface area contributed by atoms with Gasteiger partial charge in [0.05, 0.1) is 32.7 Å². The molecule has 0 bridgehead atoms. The van der Waals surface area contributed by atoms with Crippen LogP contribution < -0.4 is 16.0 Å². The van der Waals surface area contributed by atoms with Gasteiger partial charge in [-0.25, -0.2) is 0 Å². The Morgan fingerprint density at radius 3 is 1.84 bits per heavy atom. The van der Waals surface area contributed by atoms with Gasteiger partial charge in [0.1, 0.15) is 17.3 Å². The molecule has 0 aromatic heterocycles. The van der Waals surface area contributed by atoms with Crippen molar-refractivity contribution in [1.29, 1.82) is 0 Å².